The first-order valence-electron chi connectivity index (χ1n) is 18.9. The minimum Gasteiger partial charge on any atom is -0.465 e. The lowest BCUT2D eigenvalue weighted by Gasteiger charge is -2.30. The molecule has 58 heavy (non-hydrogen) atoms. The molecular formula is C39H41F6N5O6S2. The zero-order chi connectivity index (χ0) is 41.7. The number of sulfonamides is 1. The molecule has 11 nitrogen and oxygen atoms in total. The van der Waals surface area contributed by atoms with Crippen LogP contribution in [0.25, 0.3) is 11.3 Å². The molecule has 3 amide bonds. The van der Waals surface area contributed by atoms with Gasteiger partial charge in [-0.2, -0.15) is 26.3 Å². The standard InChI is InChI=1S/C39H41F6N5O6S2/c1-36(14-15-36)58(54,55)49-34(53)37-20-24(37)12-8-3-2-4-9-13-29(46-27-17-25(38(40,41)42)16-26(18-27)39(43,44)45)33(52)50-21-28(19-31(50)32(51)48-37)56-35-47-30(22-57-35)23-10-6-5-7-11-23/h5-8,10-12,16-18,22,24,28-29,31,46H,2-4,9,13-15,19-21H2,1H3,(H,48,51)(H,49,53)/b12-8-/t24-,28+,29-,31-,37+/m0/s1. The van der Waals surface area contributed by atoms with Crippen LogP contribution >= 0.6 is 11.3 Å². The number of hydrogen-bond donors (Lipinski definition) is 3. The molecule has 2 aliphatic carbocycles. The van der Waals surface area contributed by atoms with Crippen molar-refractivity contribution in [3.8, 4) is 16.5 Å². The van der Waals surface area contributed by atoms with Crippen LogP contribution in [0.1, 0.15) is 75.8 Å². The van der Waals surface area contributed by atoms with E-state index in [-0.39, 0.29) is 37.1 Å². The average Bonchev–Trinajstić information content (AvgIpc) is 3.95. The number of halogens is 6. The summed E-state index contributed by atoms with van der Waals surface area (Å²) in [4.78, 5) is 48.4. The van der Waals surface area contributed by atoms with Crippen LogP contribution in [-0.4, -0.2) is 71.0 Å². The number of allylic oxidation sites excluding steroid dienone is 1. The zero-order valence-electron chi connectivity index (χ0n) is 31.2. The fourth-order valence-electron chi connectivity index (χ4n) is 7.38. The first-order valence-corrected chi connectivity index (χ1v) is 21.2. The number of hydrogen-bond acceptors (Lipinski definition) is 9. The third-order valence-electron chi connectivity index (χ3n) is 11.2. The van der Waals surface area contributed by atoms with Crippen molar-refractivity contribution in [2.75, 3.05) is 11.9 Å². The molecule has 19 heteroatoms. The lowest BCUT2D eigenvalue weighted by molar-refractivity contribution is -0.143. The van der Waals surface area contributed by atoms with Crippen molar-refractivity contribution in [1.29, 1.82) is 0 Å². The average molecular weight is 854 g/mol. The van der Waals surface area contributed by atoms with E-state index in [1.54, 1.807) is 11.5 Å². The van der Waals surface area contributed by atoms with Crippen molar-refractivity contribution >= 4 is 44.8 Å². The fourth-order valence-corrected chi connectivity index (χ4v) is 9.44. The molecule has 5 atom stereocenters. The number of carbonyl (C=O) groups excluding carboxylic acids is 3. The molecule has 0 unspecified atom stereocenters. The Morgan fingerprint density at radius 3 is 2.34 bits per heavy atom. The van der Waals surface area contributed by atoms with Gasteiger partial charge in [0.15, 0.2) is 0 Å². The first-order chi connectivity index (χ1) is 27.3. The molecule has 3 heterocycles. The number of nitrogens with one attached hydrogen (secondary N) is 3. The van der Waals surface area contributed by atoms with E-state index in [1.165, 1.54) is 18.3 Å². The Labute approximate surface area is 334 Å². The molecular weight excluding hydrogens is 813 g/mol. The van der Waals surface area contributed by atoms with E-state index >= 15 is 0 Å². The highest BCUT2D eigenvalue weighted by Crippen LogP contribution is 2.48. The molecule has 312 valence electrons. The minimum atomic E-state index is -5.13. The second-order valence-corrected chi connectivity index (χ2v) is 18.6. The van der Waals surface area contributed by atoms with Gasteiger partial charge in [0, 0.05) is 29.0 Å². The van der Waals surface area contributed by atoms with Crippen molar-refractivity contribution in [2.24, 2.45) is 5.92 Å². The number of anilines is 1. The van der Waals surface area contributed by atoms with Crippen LogP contribution in [0.15, 0.2) is 66.1 Å². The molecule has 2 saturated carbocycles. The van der Waals surface area contributed by atoms with Gasteiger partial charge in [0.1, 0.15) is 23.7 Å². The van der Waals surface area contributed by atoms with Crippen molar-refractivity contribution in [1.82, 2.24) is 19.9 Å². The maximum Gasteiger partial charge on any atom is 0.416 e. The quantitative estimate of drug-likeness (QED) is 0.161. The molecule has 1 aromatic heterocycles. The van der Waals surface area contributed by atoms with Gasteiger partial charge in [0.25, 0.3) is 11.1 Å². The van der Waals surface area contributed by atoms with Crippen LogP contribution < -0.4 is 20.1 Å². The number of alkyl halides is 6. The molecule has 2 aliphatic heterocycles. The Bertz CT molecular complexity index is 2160. The van der Waals surface area contributed by atoms with Crippen molar-refractivity contribution < 1.29 is 53.9 Å². The van der Waals surface area contributed by atoms with Crippen molar-refractivity contribution in [3.63, 3.8) is 0 Å². The largest absolute Gasteiger partial charge is 0.465 e. The number of amides is 3. The van der Waals surface area contributed by atoms with Crippen LogP contribution in [0.2, 0.25) is 0 Å². The Kier molecular flexibility index (Phi) is 11.1. The summed E-state index contributed by atoms with van der Waals surface area (Å²) in [5.41, 5.74) is -3.95. The molecule has 3 N–H and O–H groups in total. The summed E-state index contributed by atoms with van der Waals surface area (Å²) in [6.07, 6.45) is -4.90. The van der Waals surface area contributed by atoms with E-state index in [2.05, 4.69) is 20.3 Å². The number of benzene rings is 2. The highest BCUT2D eigenvalue weighted by molar-refractivity contribution is 7.91. The van der Waals surface area contributed by atoms with E-state index < -0.39 is 91.3 Å². The molecule has 4 aliphatic rings. The minimum absolute atomic E-state index is 0.00494. The van der Waals surface area contributed by atoms with Gasteiger partial charge in [0.05, 0.1) is 28.1 Å². The molecule has 3 aromatic rings. The van der Waals surface area contributed by atoms with E-state index in [4.69, 9.17) is 4.74 Å². The predicted octanol–water partition coefficient (Wildman–Crippen LogP) is 7.07. The lowest BCUT2D eigenvalue weighted by Crippen LogP contribution is -2.58. The summed E-state index contributed by atoms with van der Waals surface area (Å²) in [6.45, 7) is 1.29. The number of rotatable bonds is 8. The van der Waals surface area contributed by atoms with Gasteiger partial charge in [-0.1, -0.05) is 66.7 Å². The van der Waals surface area contributed by atoms with E-state index in [9.17, 15) is 49.1 Å². The van der Waals surface area contributed by atoms with E-state index in [0.717, 1.165) is 10.5 Å². The Balaban J connectivity index is 1.21. The summed E-state index contributed by atoms with van der Waals surface area (Å²) in [6, 6.07) is 7.52. The molecule has 0 bridgehead atoms. The van der Waals surface area contributed by atoms with Gasteiger partial charge in [0.2, 0.25) is 21.8 Å². The number of nitrogens with zero attached hydrogens (tertiary/aromatic N) is 2. The van der Waals surface area contributed by atoms with Crippen LogP contribution in [0.3, 0.4) is 0 Å². The topological polar surface area (TPSA) is 147 Å². The third-order valence-corrected chi connectivity index (χ3v) is 14.1. The van der Waals surface area contributed by atoms with Gasteiger partial charge >= 0.3 is 12.4 Å². The first kappa shape index (κ1) is 41.5. The van der Waals surface area contributed by atoms with Gasteiger partial charge in [-0.25, -0.2) is 13.4 Å². The number of thiazole rings is 1. The van der Waals surface area contributed by atoms with Crippen LogP contribution in [-0.2, 0) is 36.8 Å². The summed E-state index contributed by atoms with van der Waals surface area (Å²) in [5.74, 6) is -3.08. The Morgan fingerprint density at radius 1 is 1.00 bits per heavy atom. The summed E-state index contributed by atoms with van der Waals surface area (Å²) >= 11 is 1.17. The SMILES string of the molecule is CC1(S(=O)(=O)NC(=O)[C@@]23C[C@@H]2/C=C\CCCCC[C@H](Nc2cc(C(F)(F)F)cc(C(F)(F)F)c2)C(=O)N2C[C@H](Oc4nc(-c5ccccc5)cs4)C[C@H]2C(=O)N3)CC1. The summed E-state index contributed by atoms with van der Waals surface area (Å²) in [7, 11) is -4.09. The molecule has 1 saturated heterocycles. The Hall–Kier alpha value is -4.65. The molecule has 0 spiro atoms. The fraction of sp³-hybridized carbons (Fsp3) is 0.487. The molecule has 7 rings (SSSR count). The van der Waals surface area contributed by atoms with Crippen molar-refractivity contribution in [2.45, 2.75) is 106 Å². The van der Waals surface area contributed by atoms with Crippen LogP contribution in [0, 0.1) is 5.92 Å². The monoisotopic (exact) mass is 853 g/mol. The maximum atomic E-state index is 14.6. The van der Waals surface area contributed by atoms with Gasteiger partial charge in [-0.05, 0) is 63.6 Å². The second-order valence-electron chi connectivity index (χ2n) is 15.6. The third kappa shape index (κ3) is 8.84. The van der Waals surface area contributed by atoms with E-state index in [1.807, 2.05) is 36.4 Å². The van der Waals surface area contributed by atoms with Gasteiger partial charge in [-0.3, -0.25) is 19.1 Å². The Morgan fingerprint density at radius 2 is 1.69 bits per heavy atom. The zero-order valence-corrected chi connectivity index (χ0v) is 32.8. The van der Waals surface area contributed by atoms with Crippen LogP contribution in [0.4, 0.5) is 32.0 Å². The van der Waals surface area contributed by atoms with E-state index in [0.29, 0.717) is 56.4 Å². The molecule has 3 fully saturated rings. The number of fused-ring (bicyclic) bond motifs is 2. The smallest absolute Gasteiger partial charge is 0.416 e. The normalized spacial score (nSPS) is 26.9. The second kappa shape index (κ2) is 15.5. The summed E-state index contributed by atoms with van der Waals surface area (Å²) < 4.78 is 116. The predicted molar refractivity (Wildman–Crippen MR) is 202 cm³/mol. The molecule has 0 radical (unpaired) electrons. The van der Waals surface area contributed by atoms with Gasteiger partial charge < -0.3 is 20.3 Å². The number of aromatic nitrogens is 1. The lowest BCUT2D eigenvalue weighted by atomic mass is 10.0. The summed E-state index contributed by atoms with van der Waals surface area (Å²) in [5, 5.41) is 7.36. The van der Waals surface area contributed by atoms with Crippen molar-refractivity contribution in [3.05, 3.63) is 77.2 Å². The van der Waals surface area contributed by atoms with Gasteiger partial charge in [-0.15, -0.1) is 0 Å². The number of ether oxygens (including phenoxy) is 1. The molecule has 2 aromatic carbocycles. The highest BCUT2D eigenvalue weighted by atomic mass is 32.2. The maximum absolute atomic E-state index is 14.6. The van der Waals surface area contributed by atoms with Crippen LogP contribution in [0.5, 0.6) is 5.19 Å². The number of carbonyl (C=O) groups is 3. The highest BCUT2D eigenvalue weighted by Gasteiger charge is 2.63.